The second-order valence-corrected chi connectivity index (χ2v) is 5.12. The summed E-state index contributed by atoms with van der Waals surface area (Å²) in [5.74, 6) is -0.277. The van der Waals surface area contributed by atoms with Gasteiger partial charge in [-0.1, -0.05) is 26.0 Å². The number of rotatable bonds is 9. The zero-order chi connectivity index (χ0) is 15.0. The van der Waals surface area contributed by atoms with Crippen LogP contribution in [0.25, 0.3) is 0 Å². The Labute approximate surface area is 121 Å². The van der Waals surface area contributed by atoms with E-state index in [1.165, 1.54) is 12.1 Å². The molecule has 0 bridgehead atoms. The molecule has 1 aromatic rings. The summed E-state index contributed by atoms with van der Waals surface area (Å²) < 4.78 is 12.8. The van der Waals surface area contributed by atoms with Crippen LogP contribution in [0.2, 0.25) is 0 Å². The van der Waals surface area contributed by atoms with Gasteiger partial charge in [0.2, 0.25) is 0 Å². The molecule has 1 aromatic carbocycles. The van der Waals surface area contributed by atoms with E-state index in [1.807, 2.05) is 6.92 Å². The molecule has 2 unspecified atom stereocenters. The Kier molecular flexibility index (Phi) is 7.73. The first-order valence-corrected chi connectivity index (χ1v) is 7.47. The number of aliphatic hydroxyl groups is 1. The van der Waals surface area contributed by atoms with Crippen LogP contribution in [0.15, 0.2) is 24.3 Å². The molecule has 2 N–H and O–H groups in total. The van der Waals surface area contributed by atoms with Crippen LogP contribution in [0, 0.1) is 5.82 Å². The fourth-order valence-electron chi connectivity index (χ4n) is 2.23. The first-order chi connectivity index (χ1) is 9.58. The van der Waals surface area contributed by atoms with Gasteiger partial charge in [0.25, 0.3) is 0 Å². The minimum absolute atomic E-state index is 0.0443. The third-order valence-electron chi connectivity index (χ3n) is 3.70. The third-order valence-corrected chi connectivity index (χ3v) is 3.70. The molecule has 0 aromatic heterocycles. The Morgan fingerprint density at radius 2 is 1.80 bits per heavy atom. The summed E-state index contributed by atoms with van der Waals surface area (Å²) in [5.41, 5.74) is 0.746. The predicted octanol–water partition coefficient (Wildman–Crippen LogP) is 2.57. The summed E-state index contributed by atoms with van der Waals surface area (Å²) in [6.45, 7) is 10.4. The largest absolute Gasteiger partial charge is 0.387 e. The van der Waals surface area contributed by atoms with Gasteiger partial charge in [-0.2, -0.15) is 0 Å². The molecule has 4 heteroatoms. The number of aliphatic hydroxyl groups excluding tert-OH is 1. The molecule has 1 rings (SSSR count). The highest BCUT2D eigenvalue weighted by molar-refractivity contribution is 5.19. The number of hydrogen-bond donors (Lipinski definition) is 2. The molecule has 2 atom stereocenters. The van der Waals surface area contributed by atoms with E-state index in [-0.39, 0.29) is 11.9 Å². The van der Waals surface area contributed by atoms with E-state index in [0.717, 1.165) is 38.2 Å². The SMILES string of the molecule is CCN(CC)CCCNC(C)C(O)c1ccc(F)cc1. The van der Waals surface area contributed by atoms with Gasteiger partial charge in [-0.15, -0.1) is 0 Å². The molecular formula is C16H27FN2O. The molecule has 0 aliphatic rings. The fourth-order valence-corrected chi connectivity index (χ4v) is 2.23. The topological polar surface area (TPSA) is 35.5 Å². The Bertz CT molecular complexity index is 365. The molecule has 0 amide bonds. The van der Waals surface area contributed by atoms with Crippen LogP contribution in [0.1, 0.15) is 38.9 Å². The van der Waals surface area contributed by atoms with Crippen molar-refractivity contribution in [2.45, 2.75) is 39.3 Å². The Morgan fingerprint density at radius 1 is 1.20 bits per heavy atom. The molecule has 0 aliphatic carbocycles. The second kappa shape index (κ2) is 9.06. The van der Waals surface area contributed by atoms with Gasteiger partial charge in [-0.05, 0) is 57.2 Å². The Hall–Kier alpha value is -0.970. The van der Waals surface area contributed by atoms with Crippen molar-refractivity contribution >= 4 is 0 Å². The maximum Gasteiger partial charge on any atom is 0.123 e. The van der Waals surface area contributed by atoms with Crippen LogP contribution >= 0.6 is 0 Å². The van der Waals surface area contributed by atoms with Crippen molar-refractivity contribution in [3.8, 4) is 0 Å². The predicted molar refractivity (Wildman–Crippen MR) is 81.2 cm³/mol. The molecule has 0 heterocycles. The van der Waals surface area contributed by atoms with Gasteiger partial charge < -0.3 is 15.3 Å². The summed E-state index contributed by atoms with van der Waals surface area (Å²) in [6, 6.07) is 5.98. The summed E-state index contributed by atoms with van der Waals surface area (Å²) >= 11 is 0. The van der Waals surface area contributed by atoms with Crippen molar-refractivity contribution in [1.82, 2.24) is 10.2 Å². The normalized spacial score (nSPS) is 14.5. The van der Waals surface area contributed by atoms with Crippen LogP contribution in [0.4, 0.5) is 4.39 Å². The third kappa shape index (κ3) is 5.57. The average molecular weight is 282 g/mol. The van der Waals surface area contributed by atoms with Crippen LogP contribution in [0.3, 0.4) is 0 Å². The van der Waals surface area contributed by atoms with Crippen molar-refractivity contribution in [3.05, 3.63) is 35.6 Å². The monoisotopic (exact) mass is 282 g/mol. The van der Waals surface area contributed by atoms with Crippen LogP contribution < -0.4 is 5.32 Å². The van der Waals surface area contributed by atoms with Crippen molar-refractivity contribution in [2.75, 3.05) is 26.2 Å². The number of halogens is 1. The Balaban J connectivity index is 2.31. The molecule has 0 fully saturated rings. The van der Waals surface area contributed by atoms with E-state index in [0.29, 0.717) is 0 Å². The van der Waals surface area contributed by atoms with Gasteiger partial charge in [0.05, 0.1) is 6.10 Å². The first-order valence-electron chi connectivity index (χ1n) is 7.47. The molecule has 20 heavy (non-hydrogen) atoms. The first kappa shape index (κ1) is 17.1. The Morgan fingerprint density at radius 3 is 2.35 bits per heavy atom. The van der Waals surface area contributed by atoms with Gasteiger partial charge in [0, 0.05) is 6.04 Å². The molecule has 0 aliphatic heterocycles. The molecule has 114 valence electrons. The van der Waals surface area contributed by atoms with Crippen LogP contribution in [0.5, 0.6) is 0 Å². The maximum atomic E-state index is 12.8. The summed E-state index contributed by atoms with van der Waals surface area (Å²) in [7, 11) is 0. The fraction of sp³-hybridized carbons (Fsp3) is 0.625. The highest BCUT2D eigenvalue weighted by Gasteiger charge is 2.15. The highest BCUT2D eigenvalue weighted by Crippen LogP contribution is 2.16. The molecule has 0 saturated heterocycles. The lowest BCUT2D eigenvalue weighted by molar-refractivity contribution is 0.135. The van der Waals surface area contributed by atoms with Crippen molar-refractivity contribution in [3.63, 3.8) is 0 Å². The van der Waals surface area contributed by atoms with Gasteiger partial charge in [0.1, 0.15) is 5.82 Å². The van der Waals surface area contributed by atoms with Crippen LogP contribution in [-0.4, -0.2) is 42.2 Å². The number of nitrogens with one attached hydrogen (secondary N) is 1. The van der Waals surface area contributed by atoms with Gasteiger partial charge >= 0.3 is 0 Å². The zero-order valence-corrected chi connectivity index (χ0v) is 12.8. The summed E-state index contributed by atoms with van der Waals surface area (Å²) in [5, 5.41) is 13.5. The minimum atomic E-state index is -0.607. The van der Waals surface area contributed by atoms with Crippen molar-refractivity contribution < 1.29 is 9.50 Å². The van der Waals surface area contributed by atoms with E-state index in [9.17, 15) is 9.50 Å². The highest BCUT2D eigenvalue weighted by atomic mass is 19.1. The van der Waals surface area contributed by atoms with Gasteiger partial charge in [-0.3, -0.25) is 0 Å². The molecule has 0 spiro atoms. The van der Waals surface area contributed by atoms with Gasteiger partial charge in [0.15, 0.2) is 0 Å². The molecular weight excluding hydrogens is 255 g/mol. The summed E-state index contributed by atoms with van der Waals surface area (Å²) in [6.07, 6.45) is 0.450. The van der Waals surface area contributed by atoms with E-state index in [2.05, 4.69) is 24.1 Å². The number of hydrogen-bond acceptors (Lipinski definition) is 3. The van der Waals surface area contributed by atoms with E-state index < -0.39 is 6.10 Å². The zero-order valence-electron chi connectivity index (χ0n) is 12.8. The maximum absolute atomic E-state index is 12.8. The average Bonchev–Trinajstić information content (AvgIpc) is 2.47. The smallest absolute Gasteiger partial charge is 0.123 e. The molecule has 3 nitrogen and oxygen atoms in total. The summed E-state index contributed by atoms with van der Waals surface area (Å²) in [4.78, 5) is 2.38. The standard InChI is InChI=1S/C16H27FN2O/c1-4-19(5-2)12-6-11-18-13(3)16(20)14-7-9-15(17)10-8-14/h7-10,13,16,18,20H,4-6,11-12H2,1-3H3. The van der Waals surface area contributed by atoms with E-state index >= 15 is 0 Å². The quantitative estimate of drug-likeness (QED) is 0.683. The molecule has 0 saturated carbocycles. The number of benzene rings is 1. The number of nitrogens with zero attached hydrogens (tertiary/aromatic N) is 1. The van der Waals surface area contributed by atoms with Crippen molar-refractivity contribution in [2.24, 2.45) is 0 Å². The second-order valence-electron chi connectivity index (χ2n) is 5.12. The minimum Gasteiger partial charge on any atom is -0.387 e. The van der Waals surface area contributed by atoms with Gasteiger partial charge in [-0.25, -0.2) is 4.39 Å². The lowest BCUT2D eigenvalue weighted by atomic mass is 10.0. The van der Waals surface area contributed by atoms with Crippen LogP contribution in [-0.2, 0) is 0 Å². The lowest BCUT2D eigenvalue weighted by Crippen LogP contribution is -2.34. The van der Waals surface area contributed by atoms with E-state index in [1.54, 1.807) is 12.1 Å². The lowest BCUT2D eigenvalue weighted by Gasteiger charge is -2.22. The van der Waals surface area contributed by atoms with E-state index in [4.69, 9.17) is 0 Å². The van der Waals surface area contributed by atoms with Crippen molar-refractivity contribution in [1.29, 1.82) is 0 Å². The molecule has 0 radical (unpaired) electrons.